The van der Waals surface area contributed by atoms with Crippen LogP contribution in [0.1, 0.15) is 37.1 Å². The normalized spacial score (nSPS) is 11.4. The fourth-order valence-corrected chi connectivity index (χ4v) is 3.46. The van der Waals surface area contributed by atoms with Gasteiger partial charge in [-0.1, -0.05) is 25.0 Å². The third kappa shape index (κ3) is 4.40. The van der Waals surface area contributed by atoms with Crippen molar-refractivity contribution in [2.75, 3.05) is 17.9 Å². The van der Waals surface area contributed by atoms with Crippen LogP contribution in [0.25, 0.3) is 11.0 Å². The second-order valence-corrected chi connectivity index (χ2v) is 6.83. The second kappa shape index (κ2) is 8.70. The zero-order chi connectivity index (χ0) is 15.1. The fourth-order valence-electron chi connectivity index (χ4n) is 2.80. The number of alkyl halides is 1. The summed E-state index contributed by atoms with van der Waals surface area (Å²) in [5, 5.41) is 0. The van der Waals surface area contributed by atoms with E-state index in [0.29, 0.717) is 5.88 Å². The van der Waals surface area contributed by atoms with Gasteiger partial charge in [0.05, 0.1) is 11.0 Å². The molecule has 0 spiro atoms. The van der Waals surface area contributed by atoms with Crippen LogP contribution in [-0.2, 0) is 13.0 Å². The number of hydrogen-bond donors (Lipinski definition) is 0. The van der Waals surface area contributed by atoms with Crippen molar-refractivity contribution in [3.8, 4) is 0 Å². The van der Waals surface area contributed by atoms with Gasteiger partial charge in [0.2, 0.25) is 0 Å². The van der Waals surface area contributed by atoms with Crippen molar-refractivity contribution < 1.29 is 0 Å². The summed E-state index contributed by atoms with van der Waals surface area (Å²) in [6.07, 6.45) is 8.22. The average Bonchev–Trinajstić information content (AvgIpc) is 2.82. The number of unbranched alkanes of at least 4 members (excludes halogenated alkanes) is 3. The van der Waals surface area contributed by atoms with Crippen molar-refractivity contribution in [2.24, 2.45) is 0 Å². The Morgan fingerprint density at radius 3 is 2.76 bits per heavy atom. The van der Waals surface area contributed by atoms with Gasteiger partial charge in [-0.05, 0) is 43.4 Å². The van der Waals surface area contributed by atoms with Crippen molar-refractivity contribution in [3.63, 3.8) is 0 Å². The second-order valence-electron chi connectivity index (χ2n) is 5.47. The molecule has 21 heavy (non-hydrogen) atoms. The number of hydrogen-bond acceptors (Lipinski definition) is 2. The summed E-state index contributed by atoms with van der Waals surface area (Å²) in [5.41, 5.74) is 3.71. The molecule has 1 heterocycles. The number of fused-ring (bicyclic) bond motifs is 1. The summed E-state index contributed by atoms with van der Waals surface area (Å²) in [5.74, 6) is 3.05. The lowest BCUT2D eigenvalue weighted by Crippen LogP contribution is -2.05. The molecule has 2 aromatic rings. The SMILES string of the molecule is CSCCCCCCn1c(CCCl)nc2cccc(C)c21. The molecule has 0 radical (unpaired) electrons. The van der Waals surface area contributed by atoms with E-state index >= 15 is 0 Å². The number of aryl methyl sites for hydroxylation is 3. The van der Waals surface area contributed by atoms with Gasteiger partial charge in [-0.2, -0.15) is 11.8 Å². The van der Waals surface area contributed by atoms with E-state index in [1.165, 1.54) is 42.5 Å². The number of thioether (sulfide) groups is 1. The van der Waals surface area contributed by atoms with Crippen LogP contribution < -0.4 is 0 Å². The van der Waals surface area contributed by atoms with E-state index in [9.17, 15) is 0 Å². The van der Waals surface area contributed by atoms with E-state index in [-0.39, 0.29) is 0 Å². The average molecular weight is 325 g/mol. The number of benzene rings is 1. The van der Waals surface area contributed by atoms with Crippen LogP contribution in [0.4, 0.5) is 0 Å². The highest BCUT2D eigenvalue weighted by atomic mass is 35.5. The number of rotatable bonds is 9. The summed E-state index contributed by atoms with van der Waals surface area (Å²) in [6.45, 7) is 3.23. The molecule has 0 aliphatic heterocycles. The van der Waals surface area contributed by atoms with Gasteiger partial charge in [-0.25, -0.2) is 4.98 Å². The lowest BCUT2D eigenvalue weighted by atomic mass is 10.2. The highest BCUT2D eigenvalue weighted by Crippen LogP contribution is 2.21. The van der Waals surface area contributed by atoms with Gasteiger partial charge in [0.1, 0.15) is 5.82 Å². The minimum absolute atomic E-state index is 0.635. The summed E-state index contributed by atoms with van der Waals surface area (Å²) < 4.78 is 2.39. The summed E-state index contributed by atoms with van der Waals surface area (Å²) in [7, 11) is 0. The van der Waals surface area contributed by atoms with Gasteiger partial charge in [-0.3, -0.25) is 0 Å². The van der Waals surface area contributed by atoms with Crippen LogP contribution in [0.5, 0.6) is 0 Å². The Morgan fingerprint density at radius 1 is 1.19 bits per heavy atom. The molecule has 0 bridgehead atoms. The third-order valence-electron chi connectivity index (χ3n) is 3.85. The fraction of sp³-hybridized carbons (Fsp3) is 0.588. The number of nitrogens with zero attached hydrogens (tertiary/aromatic N) is 2. The molecule has 1 aromatic heterocycles. The molecule has 116 valence electrons. The molecular weight excluding hydrogens is 300 g/mol. The molecule has 0 aliphatic rings. The molecule has 2 rings (SSSR count). The Balaban J connectivity index is 2.07. The third-order valence-corrected chi connectivity index (χ3v) is 4.73. The van der Waals surface area contributed by atoms with Crippen LogP contribution in [0.15, 0.2) is 18.2 Å². The highest BCUT2D eigenvalue weighted by molar-refractivity contribution is 7.98. The van der Waals surface area contributed by atoms with Gasteiger partial charge >= 0.3 is 0 Å². The summed E-state index contributed by atoms with van der Waals surface area (Å²) in [6, 6.07) is 6.36. The minimum Gasteiger partial charge on any atom is -0.328 e. The van der Waals surface area contributed by atoms with Crippen LogP contribution in [-0.4, -0.2) is 27.4 Å². The molecule has 0 N–H and O–H groups in total. The van der Waals surface area contributed by atoms with Crippen molar-refractivity contribution >= 4 is 34.4 Å². The Morgan fingerprint density at radius 2 is 2.00 bits per heavy atom. The van der Waals surface area contributed by atoms with Crippen LogP contribution in [0.3, 0.4) is 0 Å². The standard InChI is InChI=1S/C17H25ClN2S/c1-14-8-7-9-15-17(14)20(16(19-15)10-11-18)12-5-3-4-6-13-21-2/h7-9H,3-6,10-13H2,1-2H3. The predicted octanol–water partition coefficient (Wildman–Crippen LogP) is 5.05. The Labute approximate surface area is 137 Å². The van der Waals surface area contributed by atoms with Crippen LogP contribution in [0.2, 0.25) is 0 Å². The molecule has 0 unspecified atom stereocenters. The van der Waals surface area contributed by atoms with Crippen molar-refractivity contribution in [1.82, 2.24) is 9.55 Å². The zero-order valence-corrected chi connectivity index (χ0v) is 14.6. The molecule has 0 saturated heterocycles. The van der Waals surface area contributed by atoms with E-state index in [0.717, 1.165) is 24.3 Å². The molecule has 4 heteroatoms. The largest absolute Gasteiger partial charge is 0.328 e. The molecular formula is C17H25ClN2S. The Kier molecular flexibility index (Phi) is 6.91. The summed E-state index contributed by atoms with van der Waals surface area (Å²) in [4.78, 5) is 4.77. The van der Waals surface area contributed by atoms with Crippen LogP contribution in [0, 0.1) is 6.92 Å². The molecule has 2 nitrogen and oxygen atoms in total. The zero-order valence-electron chi connectivity index (χ0n) is 13.1. The van der Waals surface area contributed by atoms with E-state index < -0.39 is 0 Å². The van der Waals surface area contributed by atoms with E-state index in [1.807, 2.05) is 11.8 Å². The summed E-state index contributed by atoms with van der Waals surface area (Å²) >= 11 is 7.88. The van der Waals surface area contributed by atoms with Crippen molar-refractivity contribution in [3.05, 3.63) is 29.6 Å². The maximum absolute atomic E-state index is 5.94. The highest BCUT2D eigenvalue weighted by Gasteiger charge is 2.11. The molecule has 1 aromatic carbocycles. The first-order valence-corrected chi connectivity index (χ1v) is 9.70. The van der Waals surface area contributed by atoms with Gasteiger partial charge in [0, 0.05) is 18.8 Å². The smallest absolute Gasteiger partial charge is 0.111 e. The number of imidazole rings is 1. The van der Waals surface area contributed by atoms with Crippen LogP contribution >= 0.6 is 23.4 Å². The Bertz CT molecular complexity index is 565. The van der Waals surface area contributed by atoms with Crippen molar-refractivity contribution in [2.45, 2.75) is 45.6 Å². The topological polar surface area (TPSA) is 17.8 Å². The van der Waals surface area contributed by atoms with Crippen molar-refractivity contribution in [1.29, 1.82) is 0 Å². The Hall–Kier alpha value is -0.670. The first-order chi connectivity index (χ1) is 10.3. The molecule has 0 amide bonds. The lowest BCUT2D eigenvalue weighted by molar-refractivity contribution is 0.577. The number of aromatic nitrogens is 2. The molecule has 0 atom stereocenters. The maximum Gasteiger partial charge on any atom is 0.111 e. The maximum atomic E-state index is 5.94. The number of para-hydroxylation sites is 1. The molecule has 0 saturated carbocycles. The van der Waals surface area contributed by atoms with E-state index in [1.54, 1.807) is 0 Å². The first-order valence-electron chi connectivity index (χ1n) is 7.77. The van der Waals surface area contributed by atoms with Gasteiger partial charge in [0.15, 0.2) is 0 Å². The van der Waals surface area contributed by atoms with E-state index in [4.69, 9.17) is 16.6 Å². The monoisotopic (exact) mass is 324 g/mol. The molecule has 0 aliphatic carbocycles. The first kappa shape index (κ1) is 16.7. The predicted molar refractivity (Wildman–Crippen MR) is 95.7 cm³/mol. The number of halogens is 1. The van der Waals surface area contributed by atoms with Gasteiger partial charge in [-0.15, -0.1) is 11.6 Å². The van der Waals surface area contributed by atoms with Gasteiger partial charge < -0.3 is 4.57 Å². The quantitative estimate of drug-likeness (QED) is 0.474. The lowest BCUT2D eigenvalue weighted by Gasteiger charge is -2.10. The minimum atomic E-state index is 0.635. The van der Waals surface area contributed by atoms with Gasteiger partial charge in [0.25, 0.3) is 0 Å². The van der Waals surface area contributed by atoms with E-state index in [2.05, 4.69) is 35.9 Å². The molecule has 0 fully saturated rings.